The normalized spacial score (nSPS) is 12.2. The van der Waals surface area contributed by atoms with Crippen LogP contribution in [-0.4, -0.2) is 20.2 Å². The Morgan fingerprint density at radius 3 is 2.31 bits per heavy atom. The van der Waals surface area contributed by atoms with Gasteiger partial charge in [0.05, 0.1) is 0 Å². The molecule has 0 atom stereocenters. The molecule has 0 aliphatic heterocycles. The first-order chi connectivity index (χ1) is 5.84. The van der Waals surface area contributed by atoms with Gasteiger partial charge in [0.1, 0.15) is 0 Å². The van der Waals surface area contributed by atoms with Crippen molar-refractivity contribution >= 4 is 6.98 Å². The summed E-state index contributed by atoms with van der Waals surface area (Å²) in [4.78, 5) is 0. The Bertz CT molecular complexity index is 165. The second kappa shape index (κ2) is 5.32. The van der Waals surface area contributed by atoms with Crippen molar-refractivity contribution < 1.29 is 17.7 Å². The Labute approximate surface area is 77.0 Å². The van der Waals surface area contributed by atoms with Crippen LogP contribution in [-0.2, 0) is 4.74 Å². The molecule has 0 unspecified atom stereocenters. The molecule has 0 fully saturated rings. The maximum atomic E-state index is 11.9. The van der Waals surface area contributed by atoms with Crippen LogP contribution >= 0.6 is 0 Å². The third kappa shape index (κ3) is 6.69. The number of ether oxygens (including phenoxy) is 1. The Morgan fingerprint density at radius 1 is 1.38 bits per heavy atom. The van der Waals surface area contributed by atoms with Gasteiger partial charge in [-0.1, -0.05) is 13.8 Å². The zero-order chi connectivity index (χ0) is 10.5. The van der Waals surface area contributed by atoms with E-state index in [0.717, 1.165) is 6.42 Å². The number of hydrogen-bond donors (Lipinski definition) is 0. The van der Waals surface area contributed by atoms with Crippen LogP contribution in [0.3, 0.4) is 0 Å². The predicted octanol–water partition coefficient (Wildman–Crippen LogP) is 2.99. The van der Waals surface area contributed by atoms with Crippen molar-refractivity contribution in [1.82, 2.24) is 0 Å². The average molecular weight is 195 g/mol. The molecule has 0 amide bonds. The Balaban J connectivity index is 3.49. The molecule has 0 aromatic carbocycles. The van der Waals surface area contributed by atoms with Gasteiger partial charge in [-0.15, -0.1) is 12.1 Å². The highest BCUT2D eigenvalue weighted by molar-refractivity contribution is 6.66. The molecule has 0 aromatic rings. The van der Waals surface area contributed by atoms with Crippen LogP contribution in [0.5, 0.6) is 0 Å². The van der Waals surface area contributed by atoms with E-state index in [9.17, 15) is 12.9 Å². The van der Waals surface area contributed by atoms with Crippen LogP contribution in [0.2, 0.25) is 0 Å². The predicted molar refractivity (Wildman–Crippen MR) is 48.5 cm³/mol. The smallest absolute Gasteiger partial charge is 0.445 e. The fourth-order valence-electron chi connectivity index (χ4n) is 0.617. The molecule has 0 saturated heterocycles. The maximum absolute atomic E-state index is 11.9. The lowest BCUT2D eigenvalue weighted by Crippen LogP contribution is -2.22. The van der Waals surface area contributed by atoms with Crippen molar-refractivity contribution in [2.45, 2.75) is 20.3 Å². The summed E-state index contributed by atoms with van der Waals surface area (Å²) in [7, 11) is 0. The van der Waals surface area contributed by atoms with E-state index >= 15 is 0 Å². The van der Waals surface area contributed by atoms with Crippen LogP contribution in [0, 0.1) is 5.92 Å². The first kappa shape index (κ1) is 12.6. The molecule has 78 valence electrons. The van der Waals surface area contributed by atoms with Crippen LogP contribution in [0.1, 0.15) is 20.3 Å². The molecule has 0 radical (unpaired) electrons. The highest BCUT2D eigenvalue weighted by Crippen LogP contribution is 2.18. The summed E-state index contributed by atoms with van der Waals surface area (Å²) in [5, 5.41) is 0. The van der Waals surface area contributed by atoms with Crippen LogP contribution in [0.25, 0.3) is 0 Å². The topological polar surface area (TPSA) is 9.23 Å². The van der Waals surface area contributed by atoms with Gasteiger partial charge in [-0.2, -0.15) is 0 Å². The zero-order valence-corrected chi connectivity index (χ0v) is 8.03. The van der Waals surface area contributed by atoms with Gasteiger partial charge in [-0.25, -0.2) is 0 Å². The van der Waals surface area contributed by atoms with Crippen LogP contribution < -0.4 is 0 Å². The van der Waals surface area contributed by atoms with Gasteiger partial charge in [-0.05, 0) is 12.3 Å². The van der Waals surface area contributed by atoms with Gasteiger partial charge in [0.2, 0.25) is 0 Å². The molecular formula is C8H15BF3O-. The minimum atomic E-state index is -4.92. The van der Waals surface area contributed by atoms with E-state index in [0.29, 0.717) is 12.5 Å². The first-order valence-corrected chi connectivity index (χ1v) is 4.29. The van der Waals surface area contributed by atoms with E-state index in [2.05, 4.69) is 6.58 Å². The van der Waals surface area contributed by atoms with Gasteiger partial charge < -0.3 is 17.7 Å². The molecule has 0 spiro atoms. The second-order valence-corrected chi connectivity index (χ2v) is 3.47. The average Bonchev–Trinajstić information content (AvgIpc) is 1.95. The fourth-order valence-corrected chi connectivity index (χ4v) is 0.617. The van der Waals surface area contributed by atoms with Crippen LogP contribution in [0.4, 0.5) is 12.9 Å². The van der Waals surface area contributed by atoms with E-state index < -0.39 is 19.1 Å². The molecule has 0 bridgehead atoms. The van der Waals surface area contributed by atoms with Gasteiger partial charge in [-0.3, -0.25) is 0 Å². The molecule has 5 heteroatoms. The largest absolute Gasteiger partial charge is 0.507 e. The number of halogens is 3. The van der Waals surface area contributed by atoms with Crippen molar-refractivity contribution in [1.29, 1.82) is 0 Å². The molecule has 0 aliphatic carbocycles. The third-order valence-electron chi connectivity index (χ3n) is 1.59. The fraction of sp³-hybridized carbons (Fsp3) is 0.750. The molecule has 0 aliphatic rings. The van der Waals surface area contributed by atoms with E-state index in [1.807, 2.05) is 13.8 Å². The molecule has 0 aromatic heterocycles. The van der Waals surface area contributed by atoms with Crippen molar-refractivity contribution in [3.05, 3.63) is 12.1 Å². The Hall–Kier alpha value is -0.445. The minimum absolute atomic E-state index is 0.364. The van der Waals surface area contributed by atoms with Crippen molar-refractivity contribution in [2.75, 3.05) is 13.2 Å². The highest BCUT2D eigenvalue weighted by atomic mass is 19.4. The lowest BCUT2D eigenvalue weighted by atomic mass is 9.81. The molecule has 13 heavy (non-hydrogen) atoms. The molecule has 0 rings (SSSR count). The van der Waals surface area contributed by atoms with E-state index in [1.54, 1.807) is 0 Å². The van der Waals surface area contributed by atoms with Gasteiger partial charge >= 0.3 is 6.98 Å². The number of hydrogen-bond acceptors (Lipinski definition) is 1. The summed E-state index contributed by atoms with van der Waals surface area (Å²) in [5.74, 6) is 0.449. The summed E-state index contributed by atoms with van der Waals surface area (Å²) in [5.41, 5.74) is -0.760. The minimum Gasteiger partial charge on any atom is -0.445 e. The molecule has 0 N–H and O–H groups in total. The second-order valence-electron chi connectivity index (χ2n) is 3.47. The molecule has 1 nitrogen and oxygen atoms in total. The summed E-state index contributed by atoms with van der Waals surface area (Å²) in [6.45, 7) is 1.95. The van der Waals surface area contributed by atoms with E-state index in [1.165, 1.54) is 0 Å². The quantitative estimate of drug-likeness (QED) is 0.467. The lowest BCUT2D eigenvalue weighted by Gasteiger charge is -2.17. The summed E-state index contributed by atoms with van der Waals surface area (Å²) >= 11 is 0. The summed E-state index contributed by atoms with van der Waals surface area (Å²) < 4.78 is 40.6. The summed E-state index contributed by atoms with van der Waals surface area (Å²) in [6, 6.07) is 0. The van der Waals surface area contributed by atoms with Crippen LogP contribution in [0.15, 0.2) is 12.1 Å². The SMILES string of the molecule is C=C(COCCC(C)C)[B-](F)(F)F. The van der Waals surface area contributed by atoms with Crippen molar-refractivity contribution in [3.63, 3.8) is 0 Å². The molecule has 0 heterocycles. The Kier molecular flexibility index (Phi) is 5.14. The first-order valence-electron chi connectivity index (χ1n) is 4.29. The zero-order valence-electron chi connectivity index (χ0n) is 8.03. The van der Waals surface area contributed by atoms with Crippen molar-refractivity contribution in [2.24, 2.45) is 5.92 Å². The third-order valence-corrected chi connectivity index (χ3v) is 1.59. The molecule has 0 saturated carbocycles. The Morgan fingerprint density at radius 2 is 1.92 bits per heavy atom. The van der Waals surface area contributed by atoms with E-state index in [4.69, 9.17) is 4.74 Å². The standard InChI is InChI=1S/C8H15BF3O/c1-7(2)4-5-13-6-8(3)9(10,11)12/h7H,3-6H2,1-2H3/q-1. The van der Waals surface area contributed by atoms with Crippen molar-refractivity contribution in [3.8, 4) is 0 Å². The van der Waals surface area contributed by atoms with E-state index in [-0.39, 0.29) is 0 Å². The van der Waals surface area contributed by atoms with Gasteiger partial charge in [0, 0.05) is 13.2 Å². The highest BCUT2D eigenvalue weighted by Gasteiger charge is 2.26. The molecular weight excluding hydrogens is 180 g/mol. The number of rotatable bonds is 6. The van der Waals surface area contributed by atoms with Gasteiger partial charge in [0.25, 0.3) is 0 Å². The van der Waals surface area contributed by atoms with Gasteiger partial charge in [0.15, 0.2) is 0 Å². The monoisotopic (exact) mass is 195 g/mol. The lowest BCUT2D eigenvalue weighted by molar-refractivity contribution is 0.144. The summed E-state index contributed by atoms with van der Waals surface area (Å²) in [6.07, 6.45) is 0.776. The maximum Gasteiger partial charge on any atom is 0.507 e.